The smallest absolute Gasteiger partial charge is 0.407 e. The molecule has 0 radical (unpaired) electrons. The number of benzene rings is 2. The highest BCUT2D eigenvalue weighted by molar-refractivity contribution is 5.84. The minimum Gasteiger partial charge on any atom is -0.481 e. The van der Waals surface area contributed by atoms with Gasteiger partial charge in [0.05, 0.1) is 18.0 Å². The average Bonchev–Trinajstić information content (AvgIpc) is 3.20. The average molecular weight is 420 g/mol. The van der Waals surface area contributed by atoms with Crippen molar-refractivity contribution in [3.05, 3.63) is 72.3 Å². The summed E-state index contributed by atoms with van der Waals surface area (Å²) in [5.41, 5.74) is 3.34. The number of hydrogen-bond donors (Lipinski definition) is 3. The van der Waals surface area contributed by atoms with Crippen LogP contribution in [0, 0.1) is 0 Å². The van der Waals surface area contributed by atoms with E-state index in [0.29, 0.717) is 0 Å². The molecule has 31 heavy (non-hydrogen) atoms. The Morgan fingerprint density at radius 2 is 1.77 bits per heavy atom. The van der Waals surface area contributed by atoms with Crippen LogP contribution in [0.25, 0.3) is 11.1 Å². The molecule has 2 atom stereocenters. The van der Waals surface area contributed by atoms with E-state index >= 15 is 0 Å². The Balaban J connectivity index is 1.47. The van der Waals surface area contributed by atoms with E-state index in [1.807, 2.05) is 36.4 Å². The van der Waals surface area contributed by atoms with E-state index in [1.54, 1.807) is 6.08 Å². The predicted molar refractivity (Wildman–Crippen MR) is 115 cm³/mol. The number of carbonyl (C=O) groups is 3. The van der Waals surface area contributed by atoms with E-state index < -0.39 is 23.6 Å². The third-order valence-corrected chi connectivity index (χ3v) is 6.06. The van der Waals surface area contributed by atoms with Crippen molar-refractivity contribution in [3.8, 4) is 11.1 Å². The van der Waals surface area contributed by atoms with Crippen LogP contribution >= 0.6 is 0 Å². The molecule has 3 N–H and O–H groups in total. The summed E-state index contributed by atoms with van der Waals surface area (Å²) in [6, 6.07) is 15.4. The number of amides is 2. The van der Waals surface area contributed by atoms with Gasteiger partial charge in [-0.3, -0.25) is 9.59 Å². The van der Waals surface area contributed by atoms with E-state index in [1.165, 1.54) is 0 Å². The van der Waals surface area contributed by atoms with Crippen molar-refractivity contribution in [2.45, 2.75) is 36.8 Å². The molecule has 7 heteroatoms. The second kappa shape index (κ2) is 8.26. The van der Waals surface area contributed by atoms with E-state index in [2.05, 4.69) is 29.3 Å². The molecule has 160 valence electrons. The summed E-state index contributed by atoms with van der Waals surface area (Å²) < 4.78 is 5.55. The highest BCUT2D eigenvalue weighted by atomic mass is 16.5. The third-order valence-electron chi connectivity index (χ3n) is 6.06. The van der Waals surface area contributed by atoms with Crippen molar-refractivity contribution < 1.29 is 24.2 Å². The molecule has 2 aromatic rings. The van der Waals surface area contributed by atoms with Crippen LogP contribution in [0.1, 0.15) is 36.3 Å². The van der Waals surface area contributed by atoms with E-state index in [0.717, 1.165) is 22.3 Å². The van der Waals surface area contributed by atoms with Gasteiger partial charge >= 0.3 is 12.1 Å². The molecule has 1 aliphatic carbocycles. The molecule has 2 aliphatic rings. The van der Waals surface area contributed by atoms with Crippen LogP contribution in [-0.4, -0.2) is 41.3 Å². The molecule has 1 aliphatic heterocycles. The standard InChI is InChI=1S/C24H24N2O5/c1-2-11-24(13-22(28)29)20(12-21(27)26-24)25-23(30)31-14-19-17-9-5-3-7-15(17)16-8-4-6-10-18(16)19/h2-10,19-20H,1,11-14H2,(H,25,30)(H,26,27)(H,28,29)/t20-,24+/m0/s1. The Morgan fingerprint density at radius 3 is 2.35 bits per heavy atom. The zero-order valence-electron chi connectivity index (χ0n) is 17.0. The van der Waals surface area contributed by atoms with Crippen LogP contribution in [0.5, 0.6) is 0 Å². The molecule has 0 aromatic heterocycles. The number of hydrogen-bond acceptors (Lipinski definition) is 4. The first-order chi connectivity index (χ1) is 14.9. The van der Waals surface area contributed by atoms with Crippen LogP contribution in [0.15, 0.2) is 61.2 Å². The topological polar surface area (TPSA) is 105 Å². The SMILES string of the molecule is C=CC[C@]1(CC(=O)O)NC(=O)C[C@@H]1NC(=O)OCC1c2ccccc2-c2ccccc21. The molecular weight excluding hydrogens is 396 g/mol. The summed E-state index contributed by atoms with van der Waals surface area (Å²) >= 11 is 0. The lowest BCUT2D eigenvalue weighted by Gasteiger charge is -2.33. The highest BCUT2D eigenvalue weighted by Gasteiger charge is 2.48. The van der Waals surface area contributed by atoms with Gasteiger partial charge < -0.3 is 20.5 Å². The van der Waals surface area contributed by atoms with Crippen molar-refractivity contribution in [3.63, 3.8) is 0 Å². The molecule has 0 saturated carbocycles. The van der Waals surface area contributed by atoms with Crippen molar-refractivity contribution in [1.82, 2.24) is 10.6 Å². The largest absolute Gasteiger partial charge is 0.481 e. The van der Waals surface area contributed by atoms with E-state index in [4.69, 9.17) is 4.74 Å². The zero-order valence-corrected chi connectivity index (χ0v) is 17.0. The van der Waals surface area contributed by atoms with Crippen LogP contribution in [0.2, 0.25) is 0 Å². The lowest BCUT2D eigenvalue weighted by molar-refractivity contribution is -0.138. The number of carboxylic acid groups (broad SMARTS) is 1. The molecule has 7 nitrogen and oxygen atoms in total. The van der Waals surface area contributed by atoms with Gasteiger partial charge in [-0.15, -0.1) is 6.58 Å². The van der Waals surface area contributed by atoms with Crippen molar-refractivity contribution in [1.29, 1.82) is 0 Å². The lowest BCUT2D eigenvalue weighted by atomic mass is 9.85. The fourth-order valence-corrected chi connectivity index (χ4v) is 4.73. The van der Waals surface area contributed by atoms with Gasteiger partial charge in [-0.05, 0) is 28.7 Å². The van der Waals surface area contributed by atoms with Gasteiger partial charge in [0.25, 0.3) is 0 Å². The second-order valence-corrected chi connectivity index (χ2v) is 7.99. The lowest BCUT2D eigenvalue weighted by Crippen LogP contribution is -2.56. The number of aliphatic carboxylic acids is 1. The van der Waals surface area contributed by atoms with Gasteiger partial charge in [-0.1, -0.05) is 54.6 Å². The summed E-state index contributed by atoms with van der Waals surface area (Å²) in [5, 5.41) is 14.7. The first-order valence-corrected chi connectivity index (χ1v) is 10.2. The summed E-state index contributed by atoms with van der Waals surface area (Å²) in [6.07, 6.45) is 0.757. The number of ether oxygens (including phenoxy) is 1. The molecule has 0 unspecified atom stereocenters. The Bertz CT molecular complexity index is 1000. The van der Waals surface area contributed by atoms with Crippen molar-refractivity contribution in [2.75, 3.05) is 6.61 Å². The molecule has 4 rings (SSSR count). The molecule has 1 saturated heterocycles. The highest BCUT2D eigenvalue weighted by Crippen LogP contribution is 2.44. The summed E-state index contributed by atoms with van der Waals surface area (Å²) in [6.45, 7) is 3.80. The molecule has 0 bridgehead atoms. The first-order valence-electron chi connectivity index (χ1n) is 10.2. The Hall–Kier alpha value is -3.61. The second-order valence-electron chi connectivity index (χ2n) is 7.99. The number of fused-ring (bicyclic) bond motifs is 3. The fraction of sp³-hybridized carbons (Fsp3) is 0.292. The van der Waals surface area contributed by atoms with E-state index in [9.17, 15) is 19.5 Å². The molecule has 0 spiro atoms. The van der Waals surface area contributed by atoms with E-state index in [-0.39, 0.29) is 37.7 Å². The summed E-state index contributed by atoms with van der Waals surface area (Å²) in [5.74, 6) is -1.46. The van der Waals surface area contributed by atoms with Gasteiger partial charge in [0.15, 0.2) is 0 Å². The Morgan fingerprint density at radius 1 is 1.16 bits per heavy atom. The zero-order chi connectivity index (χ0) is 22.0. The molecular formula is C24H24N2O5. The molecule has 2 aromatic carbocycles. The quantitative estimate of drug-likeness (QED) is 0.597. The molecule has 2 amide bonds. The number of nitrogens with one attached hydrogen (secondary N) is 2. The minimum absolute atomic E-state index is 0.00862. The number of carboxylic acids is 1. The maximum Gasteiger partial charge on any atom is 0.407 e. The van der Waals surface area contributed by atoms with Crippen LogP contribution in [0.3, 0.4) is 0 Å². The van der Waals surface area contributed by atoms with Crippen LogP contribution in [-0.2, 0) is 14.3 Å². The number of carbonyl (C=O) groups excluding carboxylic acids is 2. The van der Waals surface area contributed by atoms with Crippen molar-refractivity contribution >= 4 is 18.0 Å². The minimum atomic E-state index is -1.11. The molecule has 1 fully saturated rings. The third kappa shape index (κ3) is 3.91. The van der Waals surface area contributed by atoms with Gasteiger partial charge in [-0.25, -0.2) is 4.79 Å². The predicted octanol–water partition coefficient (Wildman–Crippen LogP) is 3.20. The number of alkyl carbamates (subject to hydrolysis) is 1. The van der Waals surface area contributed by atoms with Gasteiger partial charge in [0, 0.05) is 12.3 Å². The summed E-state index contributed by atoms with van der Waals surface area (Å²) in [4.78, 5) is 36.0. The maximum absolute atomic E-state index is 12.6. The summed E-state index contributed by atoms with van der Waals surface area (Å²) in [7, 11) is 0. The normalized spacial score (nSPS) is 21.7. The van der Waals surface area contributed by atoms with Gasteiger partial charge in [0.1, 0.15) is 6.61 Å². The van der Waals surface area contributed by atoms with Gasteiger partial charge in [0.2, 0.25) is 5.91 Å². The van der Waals surface area contributed by atoms with Gasteiger partial charge in [-0.2, -0.15) is 0 Å². The maximum atomic E-state index is 12.6. The Labute approximate surface area is 180 Å². The first kappa shape index (κ1) is 20.7. The van der Waals surface area contributed by atoms with Crippen LogP contribution in [0.4, 0.5) is 4.79 Å². The fourth-order valence-electron chi connectivity index (χ4n) is 4.73. The van der Waals surface area contributed by atoms with Crippen molar-refractivity contribution in [2.24, 2.45) is 0 Å². The monoisotopic (exact) mass is 420 g/mol. The van der Waals surface area contributed by atoms with Crippen LogP contribution < -0.4 is 10.6 Å². The molecule has 1 heterocycles. The Kier molecular flexibility index (Phi) is 5.50. The number of rotatable bonds is 7.